The second-order valence-electron chi connectivity index (χ2n) is 4.48. The van der Waals surface area contributed by atoms with Gasteiger partial charge in [0.05, 0.1) is 6.10 Å². The molecule has 0 saturated carbocycles. The lowest BCUT2D eigenvalue weighted by molar-refractivity contribution is 0.237. The van der Waals surface area contributed by atoms with Crippen LogP contribution in [-0.2, 0) is 6.42 Å². The summed E-state index contributed by atoms with van der Waals surface area (Å²) < 4.78 is 19.2. The zero-order valence-electron chi connectivity index (χ0n) is 9.88. The Morgan fingerprint density at radius 1 is 1.20 bits per heavy atom. The molecule has 0 unspecified atom stereocenters. The van der Waals surface area contributed by atoms with Crippen molar-refractivity contribution in [2.75, 3.05) is 0 Å². The minimum absolute atomic E-state index is 0.0812. The number of benzene rings is 1. The van der Waals surface area contributed by atoms with Crippen molar-refractivity contribution in [3.8, 4) is 5.75 Å². The van der Waals surface area contributed by atoms with Gasteiger partial charge in [0, 0.05) is 5.56 Å². The van der Waals surface area contributed by atoms with Gasteiger partial charge in [-0.15, -0.1) is 0 Å². The predicted octanol–water partition coefficient (Wildman–Crippen LogP) is 3.81. The Morgan fingerprint density at radius 2 is 1.87 bits per heavy atom. The van der Waals surface area contributed by atoms with Crippen molar-refractivity contribution in [1.82, 2.24) is 0 Å². The lowest BCUT2D eigenvalue weighted by atomic mass is 10.0. The number of halogens is 1. The Bertz CT molecular complexity index is 318. The summed E-state index contributed by atoms with van der Waals surface area (Å²) in [5.41, 5.74) is 0.696. The van der Waals surface area contributed by atoms with Gasteiger partial charge in [-0.05, 0) is 38.3 Å². The topological polar surface area (TPSA) is 9.23 Å². The van der Waals surface area contributed by atoms with Gasteiger partial charge in [0.25, 0.3) is 0 Å². The standard InChI is InChI=1S/C13H19FO/c1-9(2)8-11-12(14)6-5-7-13(11)15-10(3)4/h5-7,9-10H,8H2,1-4H3. The van der Waals surface area contributed by atoms with Crippen LogP contribution in [0.5, 0.6) is 5.75 Å². The van der Waals surface area contributed by atoms with Gasteiger partial charge < -0.3 is 4.74 Å². The summed E-state index contributed by atoms with van der Waals surface area (Å²) in [5, 5.41) is 0. The normalized spacial score (nSPS) is 11.1. The molecule has 0 atom stereocenters. The highest BCUT2D eigenvalue weighted by molar-refractivity contribution is 5.35. The van der Waals surface area contributed by atoms with Crippen LogP contribution in [0.3, 0.4) is 0 Å². The number of rotatable bonds is 4. The maximum Gasteiger partial charge on any atom is 0.130 e. The third-order valence-electron chi connectivity index (χ3n) is 2.05. The van der Waals surface area contributed by atoms with E-state index < -0.39 is 0 Å². The highest BCUT2D eigenvalue weighted by Crippen LogP contribution is 2.25. The van der Waals surface area contributed by atoms with Crippen LogP contribution in [0.4, 0.5) is 4.39 Å². The van der Waals surface area contributed by atoms with Gasteiger partial charge in [-0.1, -0.05) is 19.9 Å². The molecule has 0 saturated heterocycles. The largest absolute Gasteiger partial charge is 0.491 e. The molecule has 0 bridgehead atoms. The summed E-state index contributed by atoms with van der Waals surface area (Å²) >= 11 is 0. The van der Waals surface area contributed by atoms with Crippen molar-refractivity contribution >= 4 is 0 Å². The Kier molecular flexibility index (Phi) is 4.13. The average molecular weight is 210 g/mol. The van der Waals surface area contributed by atoms with E-state index in [1.807, 2.05) is 19.9 Å². The molecule has 0 aliphatic carbocycles. The summed E-state index contributed by atoms with van der Waals surface area (Å²) in [7, 11) is 0. The summed E-state index contributed by atoms with van der Waals surface area (Å²) in [6.45, 7) is 8.05. The molecule has 1 aromatic carbocycles. The number of ether oxygens (including phenoxy) is 1. The van der Waals surface area contributed by atoms with Crippen molar-refractivity contribution in [3.63, 3.8) is 0 Å². The lowest BCUT2D eigenvalue weighted by Gasteiger charge is -2.16. The van der Waals surface area contributed by atoms with E-state index in [9.17, 15) is 4.39 Å². The van der Waals surface area contributed by atoms with Crippen LogP contribution in [0.15, 0.2) is 18.2 Å². The average Bonchev–Trinajstić information content (AvgIpc) is 2.09. The first kappa shape index (κ1) is 12.0. The van der Waals surface area contributed by atoms with Gasteiger partial charge >= 0.3 is 0 Å². The van der Waals surface area contributed by atoms with Crippen molar-refractivity contribution in [3.05, 3.63) is 29.6 Å². The minimum atomic E-state index is -0.165. The smallest absolute Gasteiger partial charge is 0.130 e. The van der Waals surface area contributed by atoms with Gasteiger partial charge in [-0.2, -0.15) is 0 Å². The third kappa shape index (κ3) is 3.54. The van der Waals surface area contributed by atoms with E-state index in [1.54, 1.807) is 6.07 Å². The molecule has 0 N–H and O–H groups in total. The fourth-order valence-corrected chi connectivity index (χ4v) is 1.51. The van der Waals surface area contributed by atoms with E-state index in [1.165, 1.54) is 6.07 Å². The molecule has 0 aliphatic heterocycles. The molecule has 0 amide bonds. The molecular weight excluding hydrogens is 191 g/mol. The van der Waals surface area contributed by atoms with Crippen molar-refractivity contribution < 1.29 is 9.13 Å². The zero-order chi connectivity index (χ0) is 11.4. The molecule has 1 aromatic rings. The molecule has 84 valence electrons. The lowest BCUT2D eigenvalue weighted by Crippen LogP contribution is -2.09. The van der Waals surface area contributed by atoms with Gasteiger partial charge in [-0.3, -0.25) is 0 Å². The van der Waals surface area contributed by atoms with E-state index in [2.05, 4.69) is 13.8 Å². The summed E-state index contributed by atoms with van der Waals surface area (Å²) in [6.07, 6.45) is 0.798. The van der Waals surface area contributed by atoms with E-state index in [0.29, 0.717) is 23.7 Å². The Hall–Kier alpha value is -1.05. The van der Waals surface area contributed by atoms with Crippen molar-refractivity contribution in [1.29, 1.82) is 0 Å². The van der Waals surface area contributed by atoms with Crippen molar-refractivity contribution in [2.24, 2.45) is 5.92 Å². The van der Waals surface area contributed by atoms with E-state index in [0.717, 1.165) is 0 Å². The zero-order valence-corrected chi connectivity index (χ0v) is 9.88. The van der Waals surface area contributed by atoms with Crippen LogP contribution in [-0.4, -0.2) is 6.10 Å². The molecule has 1 nitrogen and oxygen atoms in total. The minimum Gasteiger partial charge on any atom is -0.491 e. The van der Waals surface area contributed by atoms with E-state index in [4.69, 9.17) is 4.74 Å². The predicted molar refractivity (Wildman–Crippen MR) is 60.7 cm³/mol. The Labute approximate surface area is 91.3 Å². The summed E-state index contributed by atoms with van der Waals surface area (Å²) in [4.78, 5) is 0. The molecule has 0 spiro atoms. The number of hydrogen-bond acceptors (Lipinski definition) is 1. The maximum atomic E-state index is 13.6. The van der Waals surface area contributed by atoms with Crippen LogP contribution in [0.25, 0.3) is 0 Å². The van der Waals surface area contributed by atoms with Crippen LogP contribution in [0.2, 0.25) is 0 Å². The second kappa shape index (κ2) is 5.15. The molecule has 0 aliphatic rings. The first-order valence-corrected chi connectivity index (χ1v) is 5.44. The molecule has 0 aromatic heterocycles. The molecule has 2 heteroatoms. The summed E-state index contributed by atoms with van der Waals surface area (Å²) in [6, 6.07) is 5.02. The number of hydrogen-bond donors (Lipinski definition) is 0. The fraction of sp³-hybridized carbons (Fsp3) is 0.538. The Morgan fingerprint density at radius 3 is 2.40 bits per heavy atom. The van der Waals surface area contributed by atoms with Gasteiger partial charge in [0.1, 0.15) is 11.6 Å². The molecular formula is C13H19FO. The molecule has 15 heavy (non-hydrogen) atoms. The third-order valence-corrected chi connectivity index (χ3v) is 2.05. The monoisotopic (exact) mass is 210 g/mol. The van der Waals surface area contributed by atoms with Crippen LogP contribution in [0.1, 0.15) is 33.3 Å². The first-order chi connectivity index (χ1) is 7.00. The summed E-state index contributed by atoms with van der Waals surface area (Å²) in [5.74, 6) is 0.942. The highest BCUT2D eigenvalue weighted by Gasteiger charge is 2.12. The molecule has 0 heterocycles. The first-order valence-electron chi connectivity index (χ1n) is 5.44. The molecule has 0 fully saturated rings. The fourth-order valence-electron chi connectivity index (χ4n) is 1.51. The van der Waals surface area contributed by atoms with Crippen LogP contribution in [0, 0.1) is 11.7 Å². The molecule has 1 rings (SSSR count). The maximum absolute atomic E-state index is 13.6. The van der Waals surface area contributed by atoms with Crippen molar-refractivity contribution in [2.45, 2.75) is 40.2 Å². The Balaban J connectivity index is 2.97. The van der Waals surface area contributed by atoms with E-state index >= 15 is 0 Å². The quantitative estimate of drug-likeness (QED) is 0.734. The highest BCUT2D eigenvalue weighted by atomic mass is 19.1. The van der Waals surface area contributed by atoms with Gasteiger partial charge in [0.2, 0.25) is 0 Å². The molecule has 0 radical (unpaired) electrons. The van der Waals surface area contributed by atoms with Crippen LogP contribution < -0.4 is 4.74 Å². The van der Waals surface area contributed by atoms with E-state index in [-0.39, 0.29) is 11.9 Å². The van der Waals surface area contributed by atoms with Gasteiger partial charge in [-0.25, -0.2) is 4.39 Å². The van der Waals surface area contributed by atoms with Gasteiger partial charge in [0.15, 0.2) is 0 Å². The second-order valence-corrected chi connectivity index (χ2v) is 4.48. The van der Waals surface area contributed by atoms with Crippen LogP contribution >= 0.6 is 0 Å². The SMILES string of the molecule is CC(C)Cc1c(F)cccc1OC(C)C.